The van der Waals surface area contributed by atoms with Gasteiger partial charge >= 0.3 is 37.5 Å². The van der Waals surface area contributed by atoms with E-state index < -0.39 is 138 Å². The molecular formula is C37H49N14O18P3S3. The topological polar surface area (TPSA) is 436 Å². The fraction of sp³-hybridized carbons (Fsp3) is 0.541. The highest BCUT2D eigenvalue weighted by Crippen LogP contribution is 2.60. The third-order valence-electron chi connectivity index (χ3n) is 12.1. The highest BCUT2D eigenvalue weighted by Gasteiger charge is 2.47. The van der Waals surface area contributed by atoms with E-state index in [1.165, 1.54) is 54.0 Å². The van der Waals surface area contributed by atoms with E-state index in [0.717, 1.165) is 13.7 Å². The summed E-state index contributed by atoms with van der Waals surface area (Å²) in [5.41, 5.74) is 21.2. The highest BCUT2D eigenvalue weighted by atomic mass is 32.7. The number of aliphatic hydroxyl groups is 2. The first-order chi connectivity index (χ1) is 35.5. The van der Waals surface area contributed by atoms with E-state index in [9.17, 15) is 38.3 Å². The second kappa shape index (κ2) is 22.6. The number of aliphatic hydroxyl groups excluding tert-OH is 2. The Morgan fingerprint density at radius 1 is 0.573 bits per heavy atom. The Balaban J connectivity index is 0.882. The number of imidazole rings is 1. The van der Waals surface area contributed by atoms with Crippen LogP contribution in [0.4, 0.5) is 23.3 Å². The van der Waals surface area contributed by atoms with Crippen LogP contribution in [0.15, 0.2) is 63.8 Å². The van der Waals surface area contributed by atoms with Crippen molar-refractivity contribution in [3.05, 3.63) is 80.9 Å². The standard InChI is InChI=1S/C37H49N14O18P3S3/c38-25-1-4-48(35(54)45-25)28-7-17(53)22(64-28)12-60-70(57,73)69-20-10-31(51-16-44-32-33(41)42-15-43-34(32)51)66-24(20)14-62-72(59,75)68-19-9-30(50-6-3-27(40)47-37(50)56)65-23(19)13-61-71(58,74)67-18-8-29(63-21(18)11-52)49-5-2-26(39)46-36(49)55/h1-6,15-24,28-31,52-53H,7-14H2,(H,57,73)(H,58,74)(H,59,75)(H2,38,45,54)(H2,39,46,55)(H2,40,47,56)(H2,41,42,43)/t17-,18-,19-,20-,21-,22-,23-,24-,28-,29-,30-,31-,70?,71?,72?/m1/s1. The summed E-state index contributed by atoms with van der Waals surface area (Å²) in [6, 6.07) is 4.07. The fourth-order valence-electron chi connectivity index (χ4n) is 8.57. The number of rotatable bonds is 20. The van der Waals surface area contributed by atoms with Gasteiger partial charge in [0.25, 0.3) is 0 Å². The highest BCUT2D eigenvalue weighted by molar-refractivity contribution is 8.45. The third kappa shape index (κ3) is 13.0. The average Bonchev–Trinajstić information content (AvgIpc) is 4.19. The van der Waals surface area contributed by atoms with E-state index >= 15 is 0 Å². The molecule has 75 heavy (non-hydrogen) atoms. The molecule has 9 rings (SSSR count). The van der Waals surface area contributed by atoms with Gasteiger partial charge in [0.05, 0.1) is 38.9 Å². The van der Waals surface area contributed by atoms with E-state index in [0.29, 0.717) is 0 Å². The van der Waals surface area contributed by atoms with Crippen molar-refractivity contribution in [2.45, 2.75) is 99.4 Å². The van der Waals surface area contributed by atoms with Crippen molar-refractivity contribution in [3.8, 4) is 0 Å². The lowest BCUT2D eigenvalue weighted by Gasteiger charge is -2.26. The first kappa shape index (κ1) is 55.4. The molecule has 15 atom stereocenters. The smallest absolute Gasteiger partial charge is 0.386 e. The Morgan fingerprint density at radius 3 is 1.40 bits per heavy atom. The van der Waals surface area contributed by atoms with E-state index in [1.807, 2.05) is 0 Å². The number of nitrogens with zero attached hydrogens (tertiary/aromatic N) is 10. The van der Waals surface area contributed by atoms with Gasteiger partial charge in [0.15, 0.2) is 11.5 Å². The van der Waals surface area contributed by atoms with Gasteiger partial charge in [0.2, 0.25) is 0 Å². The molecule has 3 unspecified atom stereocenters. The van der Waals surface area contributed by atoms with E-state index in [-0.39, 0.29) is 60.1 Å². The summed E-state index contributed by atoms with van der Waals surface area (Å²) in [5, 5.41) is 20.8. The number of thiol groups is 3. The molecule has 0 aliphatic carbocycles. The predicted molar refractivity (Wildman–Crippen MR) is 268 cm³/mol. The van der Waals surface area contributed by atoms with Crippen LogP contribution in [-0.2, 0) is 59.8 Å². The number of hydrogen-bond acceptors (Lipinski definition) is 28. The average molecular weight is 1170 g/mol. The minimum atomic E-state index is -4.55. The molecule has 38 heteroatoms. The van der Waals surface area contributed by atoms with Gasteiger partial charge in [-0.15, -0.1) is 0 Å². The fourth-order valence-corrected chi connectivity index (χ4v) is 13.1. The van der Waals surface area contributed by atoms with Gasteiger partial charge in [-0.3, -0.25) is 45.4 Å². The zero-order valence-electron chi connectivity index (χ0n) is 38.6. The molecule has 0 saturated carbocycles. The Morgan fingerprint density at radius 2 is 0.960 bits per heavy atom. The largest absolute Gasteiger partial charge is 0.394 e. The predicted octanol–water partition coefficient (Wildman–Crippen LogP) is 0.748. The number of anilines is 4. The zero-order chi connectivity index (χ0) is 53.6. The van der Waals surface area contributed by atoms with Crippen molar-refractivity contribution in [1.29, 1.82) is 0 Å². The van der Waals surface area contributed by atoms with Crippen LogP contribution in [-0.4, -0.2) is 134 Å². The number of aromatic nitrogens is 10. The Hall–Kier alpha value is -4.35. The van der Waals surface area contributed by atoms with Gasteiger partial charge in [0.1, 0.15) is 96.9 Å². The van der Waals surface area contributed by atoms with Crippen molar-refractivity contribution in [2.75, 3.05) is 49.4 Å². The summed E-state index contributed by atoms with van der Waals surface area (Å²) in [6.45, 7) is -15.7. The number of hydrogen-bond donors (Lipinski definition) is 9. The molecule has 0 amide bonds. The van der Waals surface area contributed by atoms with Crippen LogP contribution < -0.4 is 40.0 Å². The second-order valence-electron chi connectivity index (χ2n) is 17.1. The maximum Gasteiger partial charge on any atom is 0.386 e. The molecule has 9 heterocycles. The number of fused-ring (bicyclic) bond motifs is 1. The molecule has 0 spiro atoms. The molecule has 4 aliphatic rings. The summed E-state index contributed by atoms with van der Waals surface area (Å²) in [5.74, 6) is -0.0491. The zero-order valence-corrected chi connectivity index (χ0v) is 44.0. The van der Waals surface area contributed by atoms with E-state index in [4.69, 9.17) is 69.0 Å². The normalized spacial score (nSPS) is 30.4. The Bertz CT molecular complexity index is 3240. The first-order valence-corrected chi connectivity index (χ1v) is 30.5. The third-order valence-corrected chi connectivity index (χ3v) is 17.0. The summed E-state index contributed by atoms with van der Waals surface area (Å²) in [4.78, 5) is 61.4. The molecule has 10 N–H and O–H groups in total. The van der Waals surface area contributed by atoms with Crippen molar-refractivity contribution in [2.24, 2.45) is 0 Å². The van der Waals surface area contributed by atoms with Gasteiger partial charge in [-0.2, -0.15) is 15.0 Å². The monoisotopic (exact) mass is 1170 g/mol. The quantitative estimate of drug-likeness (QED) is 0.0383. The maximum absolute atomic E-state index is 14.2. The van der Waals surface area contributed by atoms with Crippen molar-refractivity contribution < 1.29 is 70.0 Å². The number of ether oxygens (including phenoxy) is 4. The molecular weight excluding hydrogens is 1120 g/mol. The molecule has 5 aromatic heterocycles. The lowest BCUT2D eigenvalue weighted by molar-refractivity contribution is -0.0530. The van der Waals surface area contributed by atoms with Crippen molar-refractivity contribution >= 4 is 91.6 Å². The van der Waals surface area contributed by atoms with Crippen LogP contribution in [0.1, 0.15) is 50.6 Å². The molecule has 0 bridgehead atoms. The van der Waals surface area contributed by atoms with Crippen LogP contribution >= 0.6 is 57.1 Å². The van der Waals surface area contributed by atoms with Gasteiger partial charge in [0, 0.05) is 44.3 Å². The Kier molecular flexibility index (Phi) is 16.7. The van der Waals surface area contributed by atoms with Crippen LogP contribution in [0.25, 0.3) is 11.2 Å². The van der Waals surface area contributed by atoms with Gasteiger partial charge in [-0.05, 0) is 18.2 Å². The van der Waals surface area contributed by atoms with Gasteiger partial charge in [-0.1, -0.05) is 36.7 Å². The molecule has 4 aliphatic heterocycles. The van der Waals surface area contributed by atoms with Crippen molar-refractivity contribution in [3.63, 3.8) is 0 Å². The summed E-state index contributed by atoms with van der Waals surface area (Å²) in [7, 11) is 0. The van der Waals surface area contributed by atoms with E-state index in [1.54, 1.807) is 0 Å². The molecule has 0 aromatic carbocycles. The summed E-state index contributed by atoms with van der Waals surface area (Å²) < 4.78 is 105. The number of nitrogen functional groups attached to an aromatic ring is 4. The lowest BCUT2D eigenvalue weighted by Crippen LogP contribution is -2.31. The molecule has 5 aromatic rings. The summed E-state index contributed by atoms with van der Waals surface area (Å²) >= 11 is 12.6. The lowest BCUT2D eigenvalue weighted by atomic mass is 10.2. The van der Waals surface area contributed by atoms with Gasteiger partial charge in [-0.25, -0.2) is 43.0 Å². The SMILES string of the molecule is Nc1ccn([C@H]2C[C@@H](O)[C@@H](COP(=O)(S)O[C@@H]3C[C@H](n4cnc5c(N)ncnc54)O[C@@H]3COP(=O)(S)O[C@@H]3C[C@H](n4ccc(N)nc4=O)O[C@@H]3COP(=O)(S)O[C@@H]3C[C@H](n4ccc(N)nc4=O)O[C@@H]3CO)O2)c(=O)n1. The van der Waals surface area contributed by atoms with Crippen molar-refractivity contribution in [1.82, 2.24) is 48.2 Å². The molecule has 408 valence electrons. The first-order valence-electron chi connectivity index (χ1n) is 22.4. The summed E-state index contributed by atoms with van der Waals surface area (Å²) in [6.07, 6.45) is -7.49. The molecule has 4 fully saturated rings. The van der Waals surface area contributed by atoms with Crippen LogP contribution in [0.2, 0.25) is 0 Å². The molecule has 32 nitrogen and oxygen atoms in total. The van der Waals surface area contributed by atoms with Crippen LogP contribution in [0.5, 0.6) is 0 Å². The minimum absolute atomic E-state index is 0.0112. The van der Waals surface area contributed by atoms with Crippen LogP contribution in [0, 0.1) is 0 Å². The molecule has 4 saturated heterocycles. The Labute approximate surface area is 437 Å². The van der Waals surface area contributed by atoms with E-state index in [2.05, 4.69) is 66.6 Å². The van der Waals surface area contributed by atoms with Crippen LogP contribution in [0.3, 0.4) is 0 Å². The second-order valence-corrected chi connectivity index (χ2v) is 25.8. The van der Waals surface area contributed by atoms with Gasteiger partial charge < -0.3 is 52.1 Å². The number of nitrogens with two attached hydrogens (primary N) is 4. The minimum Gasteiger partial charge on any atom is -0.394 e. The maximum atomic E-state index is 14.2. The molecule has 0 radical (unpaired) electrons.